The van der Waals surface area contributed by atoms with Crippen molar-refractivity contribution in [1.29, 1.82) is 5.26 Å². The van der Waals surface area contributed by atoms with E-state index in [-0.39, 0.29) is 6.04 Å². The van der Waals surface area contributed by atoms with Crippen molar-refractivity contribution in [2.75, 3.05) is 26.3 Å². The summed E-state index contributed by atoms with van der Waals surface area (Å²) >= 11 is 0. The Morgan fingerprint density at radius 1 is 1.20 bits per heavy atom. The van der Waals surface area contributed by atoms with Crippen molar-refractivity contribution in [3.63, 3.8) is 0 Å². The van der Waals surface area contributed by atoms with Crippen LogP contribution in [0.1, 0.15) is 11.6 Å². The number of morpholine rings is 1. The van der Waals surface area contributed by atoms with Gasteiger partial charge in [-0.1, -0.05) is 12.1 Å². The Morgan fingerprint density at radius 2 is 1.95 bits per heavy atom. The lowest BCUT2D eigenvalue weighted by Gasteiger charge is -2.30. The summed E-state index contributed by atoms with van der Waals surface area (Å²) in [6, 6.07) is 10.3. The van der Waals surface area contributed by atoms with Crippen molar-refractivity contribution in [1.82, 2.24) is 14.5 Å². The molecule has 1 atom stereocenters. The number of hydrogen-bond donors (Lipinski definition) is 0. The summed E-state index contributed by atoms with van der Waals surface area (Å²) in [5, 5.41) is 9.44. The lowest BCUT2D eigenvalue weighted by Crippen LogP contribution is -2.38. The van der Waals surface area contributed by atoms with Gasteiger partial charge in [-0.2, -0.15) is 5.26 Å². The molecule has 0 spiro atoms. The Kier molecular flexibility index (Phi) is 3.77. The number of hydrogen-bond acceptors (Lipinski definition) is 4. The van der Waals surface area contributed by atoms with Gasteiger partial charge in [-0.05, 0) is 17.7 Å². The van der Waals surface area contributed by atoms with Crippen molar-refractivity contribution in [3.05, 3.63) is 48.5 Å². The van der Waals surface area contributed by atoms with Crippen LogP contribution in [0.2, 0.25) is 0 Å². The van der Waals surface area contributed by atoms with Crippen LogP contribution in [-0.4, -0.2) is 40.8 Å². The minimum atomic E-state index is -0.198. The highest BCUT2D eigenvalue weighted by Crippen LogP contribution is 2.22. The normalized spacial score (nSPS) is 17.6. The Hall–Kier alpha value is -2.16. The van der Waals surface area contributed by atoms with Gasteiger partial charge in [0.15, 0.2) is 0 Å². The van der Waals surface area contributed by atoms with Gasteiger partial charge in [0.2, 0.25) is 0 Å². The van der Waals surface area contributed by atoms with Crippen LogP contribution in [0.4, 0.5) is 0 Å². The maximum absolute atomic E-state index is 9.44. The second kappa shape index (κ2) is 5.87. The number of benzene rings is 1. The Balaban J connectivity index is 1.80. The van der Waals surface area contributed by atoms with E-state index in [1.807, 2.05) is 35.0 Å². The van der Waals surface area contributed by atoms with E-state index in [2.05, 4.69) is 16.0 Å². The van der Waals surface area contributed by atoms with Gasteiger partial charge in [0, 0.05) is 31.2 Å². The second-order valence-electron chi connectivity index (χ2n) is 4.74. The van der Waals surface area contributed by atoms with Crippen molar-refractivity contribution in [3.8, 4) is 11.8 Å². The van der Waals surface area contributed by atoms with Gasteiger partial charge in [-0.3, -0.25) is 4.90 Å². The molecule has 1 fully saturated rings. The average molecular weight is 268 g/mol. The molecule has 5 heteroatoms. The summed E-state index contributed by atoms with van der Waals surface area (Å²) in [6.07, 6.45) is 5.41. The third-order valence-corrected chi connectivity index (χ3v) is 3.54. The van der Waals surface area contributed by atoms with Crippen molar-refractivity contribution in [2.45, 2.75) is 6.04 Å². The SMILES string of the molecule is N#C[C@H](c1ccc(-n2ccnc2)cc1)N1CCOCC1. The highest BCUT2D eigenvalue weighted by atomic mass is 16.5. The standard InChI is InChI=1S/C15H16N4O/c16-11-15(18-7-9-20-10-8-18)13-1-3-14(4-2-13)19-6-5-17-12-19/h1-6,12,15H,7-10H2/t15-/m1/s1. The van der Waals surface area contributed by atoms with E-state index in [4.69, 9.17) is 4.74 Å². The highest BCUT2D eigenvalue weighted by molar-refractivity contribution is 5.37. The molecule has 1 aliphatic heterocycles. The Bertz CT molecular complexity index is 579. The average Bonchev–Trinajstić information content (AvgIpc) is 3.04. The quantitative estimate of drug-likeness (QED) is 0.851. The van der Waals surface area contributed by atoms with Gasteiger partial charge in [0.25, 0.3) is 0 Å². The first-order chi connectivity index (χ1) is 9.88. The highest BCUT2D eigenvalue weighted by Gasteiger charge is 2.22. The van der Waals surface area contributed by atoms with Crippen LogP contribution in [0.5, 0.6) is 0 Å². The topological polar surface area (TPSA) is 54.1 Å². The van der Waals surface area contributed by atoms with E-state index in [0.29, 0.717) is 13.2 Å². The summed E-state index contributed by atoms with van der Waals surface area (Å²) in [4.78, 5) is 6.20. The van der Waals surface area contributed by atoms with E-state index in [1.54, 1.807) is 12.5 Å². The molecule has 0 amide bonds. The number of ether oxygens (including phenoxy) is 1. The Morgan fingerprint density at radius 3 is 2.55 bits per heavy atom. The minimum absolute atomic E-state index is 0.198. The van der Waals surface area contributed by atoms with Gasteiger partial charge in [-0.25, -0.2) is 4.98 Å². The predicted molar refractivity (Wildman–Crippen MR) is 74.3 cm³/mol. The molecule has 2 aromatic rings. The van der Waals surface area contributed by atoms with Crippen LogP contribution in [0.15, 0.2) is 43.0 Å². The monoisotopic (exact) mass is 268 g/mol. The summed E-state index contributed by atoms with van der Waals surface area (Å²) in [6.45, 7) is 3.01. The molecule has 5 nitrogen and oxygen atoms in total. The van der Waals surface area contributed by atoms with Crippen LogP contribution < -0.4 is 0 Å². The maximum atomic E-state index is 9.44. The third-order valence-electron chi connectivity index (χ3n) is 3.54. The molecule has 0 bridgehead atoms. The minimum Gasteiger partial charge on any atom is -0.379 e. The first kappa shape index (κ1) is 12.9. The lowest BCUT2D eigenvalue weighted by molar-refractivity contribution is 0.0266. The van der Waals surface area contributed by atoms with Gasteiger partial charge >= 0.3 is 0 Å². The van der Waals surface area contributed by atoms with Crippen LogP contribution in [0, 0.1) is 11.3 Å². The number of rotatable bonds is 3. The molecule has 1 aromatic heterocycles. The molecule has 0 saturated carbocycles. The zero-order chi connectivity index (χ0) is 13.8. The van der Waals surface area contributed by atoms with E-state index in [1.165, 1.54) is 0 Å². The molecule has 102 valence electrons. The number of nitriles is 1. The molecule has 0 unspecified atom stereocenters. The van der Waals surface area contributed by atoms with Gasteiger partial charge in [-0.15, -0.1) is 0 Å². The molecule has 2 heterocycles. The largest absolute Gasteiger partial charge is 0.379 e. The summed E-state index contributed by atoms with van der Waals surface area (Å²) < 4.78 is 7.28. The summed E-state index contributed by atoms with van der Waals surface area (Å²) in [5.41, 5.74) is 2.07. The summed E-state index contributed by atoms with van der Waals surface area (Å²) in [5.74, 6) is 0. The third kappa shape index (κ3) is 2.57. The molecule has 1 aliphatic rings. The molecule has 0 radical (unpaired) electrons. The van der Waals surface area contributed by atoms with E-state index in [9.17, 15) is 5.26 Å². The molecule has 20 heavy (non-hydrogen) atoms. The van der Waals surface area contributed by atoms with Crippen LogP contribution >= 0.6 is 0 Å². The smallest absolute Gasteiger partial charge is 0.124 e. The van der Waals surface area contributed by atoms with Gasteiger partial charge < -0.3 is 9.30 Å². The number of imidazole rings is 1. The van der Waals surface area contributed by atoms with Gasteiger partial charge in [0.1, 0.15) is 6.04 Å². The molecule has 0 N–H and O–H groups in total. The van der Waals surface area contributed by atoms with E-state index >= 15 is 0 Å². The number of aromatic nitrogens is 2. The van der Waals surface area contributed by atoms with Gasteiger partial charge in [0.05, 0.1) is 25.6 Å². The van der Waals surface area contributed by atoms with Crippen LogP contribution in [0.25, 0.3) is 5.69 Å². The first-order valence-electron chi connectivity index (χ1n) is 6.68. The van der Waals surface area contributed by atoms with Crippen molar-refractivity contribution < 1.29 is 4.74 Å². The van der Waals surface area contributed by atoms with Crippen LogP contribution in [0.3, 0.4) is 0 Å². The maximum Gasteiger partial charge on any atom is 0.124 e. The predicted octanol–water partition coefficient (Wildman–Crippen LogP) is 1.77. The van der Waals surface area contributed by atoms with Crippen LogP contribution in [-0.2, 0) is 4.74 Å². The zero-order valence-corrected chi connectivity index (χ0v) is 11.1. The molecule has 1 aromatic carbocycles. The fourth-order valence-corrected chi connectivity index (χ4v) is 2.44. The first-order valence-corrected chi connectivity index (χ1v) is 6.68. The lowest BCUT2D eigenvalue weighted by atomic mass is 10.1. The number of nitrogens with zero attached hydrogens (tertiary/aromatic N) is 4. The van der Waals surface area contributed by atoms with E-state index < -0.39 is 0 Å². The van der Waals surface area contributed by atoms with Crippen molar-refractivity contribution >= 4 is 0 Å². The molecular formula is C15H16N4O. The Labute approximate surface area is 118 Å². The molecule has 1 saturated heterocycles. The molecule has 3 rings (SSSR count). The second-order valence-corrected chi connectivity index (χ2v) is 4.74. The van der Waals surface area contributed by atoms with Crippen molar-refractivity contribution in [2.24, 2.45) is 0 Å². The zero-order valence-electron chi connectivity index (χ0n) is 11.1. The summed E-state index contributed by atoms with van der Waals surface area (Å²) in [7, 11) is 0. The fraction of sp³-hybridized carbons (Fsp3) is 0.333. The molecule has 0 aliphatic carbocycles. The molecular weight excluding hydrogens is 252 g/mol. The van der Waals surface area contributed by atoms with E-state index in [0.717, 1.165) is 24.3 Å². The fourth-order valence-electron chi connectivity index (χ4n) is 2.44.